The number of thiophene rings is 1. The summed E-state index contributed by atoms with van der Waals surface area (Å²) in [6.45, 7) is 1.36. The van der Waals surface area contributed by atoms with E-state index in [0.717, 1.165) is 13.0 Å². The van der Waals surface area contributed by atoms with Crippen LogP contribution in [-0.2, 0) is 17.8 Å². The van der Waals surface area contributed by atoms with E-state index in [-0.39, 0.29) is 18.3 Å². The summed E-state index contributed by atoms with van der Waals surface area (Å²) < 4.78 is 5.63. The van der Waals surface area contributed by atoms with Crippen LogP contribution in [0.5, 0.6) is 5.75 Å². The maximum absolute atomic E-state index is 12.5. The summed E-state index contributed by atoms with van der Waals surface area (Å²) >= 11 is 7.61. The number of fused-ring (bicyclic) bond motifs is 1. The molecule has 0 spiro atoms. The molecule has 4 rings (SSSR count). The fourth-order valence-electron chi connectivity index (χ4n) is 3.17. The normalized spacial score (nSPS) is 13.1. The third-order valence-corrected chi connectivity index (χ3v) is 6.02. The van der Waals surface area contributed by atoms with Crippen LogP contribution in [-0.4, -0.2) is 29.7 Å². The van der Waals surface area contributed by atoms with Crippen LogP contribution in [0, 0.1) is 0 Å². The summed E-state index contributed by atoms with van der Waals surface area (Å²) in [5, 5.41) is 2.66. The molecule has 0 saturated heterocycles. The standard InChI is InChI=1S/C22H18ClNO3S/c23-18-5-1-15(2-6-18)22(26)16-3-7-19(8-4-16)27-14-21(25)24-11-9-20-17(13-24)10-12-28-20/h1-8,10,12H,9,11,13-14H2. The number of rotatable bonds is 5. The third-order valence-electron chi connectivity index (χ3n) is 4.75. The van der Waals surface area contributed by atoms with E-state index in [0.29, 0.717) is 28.4 Å². The number of hydrogen-bond donors (Lipinski definition) is 0. The minimum Gasteiger partial charge on any atom is -0.484 e. The number of carbonyl (C=O) groups excluding carboxylic acids is 2. The Morgan fingerprint density at radius 2 is 1.68 bits per heavy atom. The molecule has 0 radical (unpaired) electrons. The van der Waals surface area contributed by atoms with E-state index in [1.165, 1.54) is 10.4 Å². The van der Waals surface area contributed by atoms with Crippen molar-refractivity contribution in [3.63, 3.8) is 0 Å². The van der Waals surface area contributed by atoms with Gasteiger partial charge in [-0.2, -0.15) is 0 Å². The largest absolute Gasteiger partial charge is 0.484 e. The molecule has 1 aliphatic rings. The van der Waals surface area contributed by atoms with E-state index in [4.69, 9.17) is 16.3 Å². The number of carbonyl (C=O) groups is 2. The first-order valence-electron chi connectivity index (χ1n) is 8.96. The SMILES string of the molecule is O=C(c1ccc(Cl)cc1)c1ccc(OCC(=O)N2CCc3sccc3C2)cc1. The highest BCUT2D eigenvalue weighted by Gasteiger charge is 2.21. The molecule has 3 aromatic rings. The Labute approximate surface area is 172 Å². The topological polar surface area (TPSA) is 46.6 Å². The molecule has 4 nitrogen and oxygen atoms in total. The van der Waals surface area contributed by atoms with Gasteiger partial charge in [-0.3, -0.25) is 9.59 Å². The Balaban J connectivity index is 1.34. The van der Waals surface area contributed by atoms with Gasteiger partial charge < -0.3 is 9.64 Å². The van der Waals surface area contributed by atoms with E-state index in [2.05, 4.69) is 11.4 Å². The van der Waals surface area contributed by atoms with Gasteiger partial charge in [-0.15, -0.1) is 11.3 Å². The Morgan fingerprint density at radius 3 is 2.39 bits per heavy atom. The molecule has 142 valence electrons. The van der Waals surface area contributed by atoms with Crippen molar-refractivity contribution in [2.75, 3.05) is 13.2 Å². The maximum Gasteiger partial charge on any atom is 0.260 e. The van der Waals surface area contributed by atoms with Gasteiger partial charge in [0, 0.05) is 34.1 Å². The van der Waals surface area contributed by atoms with Crippen molar-refractivity contribution in [3.8, 4) is 5.75 Å². The average molecular weight is 412 g/mol. The zero-order valence-corrected chi connectivity index (χ0v) is 16.6. The number of hydrogen-bond acceptors (Lipinski definition) is 4. The highest BCUT2D eigenvalue weighted by molar-refractivity contribution is 7.10. The molecule has 1 amide bonds. The fourth-order valence-corrected chi connectivity index (χ4v) is 4.18. The third kappa shape index (κ3) is 4.11. The van der Waals surface area contributed by atoms with Gasteiger partial charge in [-0.25, -0.2) is 0 Å². The van der Waals surface area contributed by atoms with Crippen molar-refractivity contribution >= 4 is 34.6 Å². The molecule has 0 N–H and O–H groups in total. The van der Waals surface area contributed by atoms with Gasteiger partial charge in [-0.05, 0) is 72.0 Å². The first kappa shape index (κ1) is 18.7. The predicted octanol–water partition coefficient (Wildman–Crippen LogP) is 4.60. The number of ether oxygens (including phenoxy) is 1. The second-order valence-electron chi connectivity index (χ2n) is 6.58. The van der Waals surface area contributed by atoms with E-state index in [9.17, 15) is 9.59 Å². The molecule has 6 heteroatoms. The van der Waals surface area contributed by atoms with E-state index in [1.54, 1.807) is 59.9 Å². The lowest BCUT2D eigenvalue weighted by Gasteiger charge is -2.27. The maximum atomic E-state index is 12.5. The van der Waals surface area contributed by atoms with Gasteiger partial charge in [0.1, 0.15) is 5.75 Å². The Morgan fingerprint density at radius 1 is 1.00 bits per heavy atom. The summed E-state index contributed by atoms with van der Waals surface area (Å²) in [5.41, 5.74) is 2.36. The van der Waals surface area contributed by atoms with Crippen molar-refractivity contribution in [2.45, 2.75) is 13.0 Å². The smallest absolute Gasteiger partial charge is 0.260 e. The van der Waals surface area contributed by atoms with Crippen molar-refractivity contribution in [1.82, 2.24) is 4.90 Å². The summed E-state index contributed by atoms with van der Waals surface area (Å²) in [6, 6.07) is 15.7. The minimum absolute atomic E-state index is 0.00997. The molecule has 2 heterocycles. The van der Waals surface area contributed by atoms with Crippen LogP contribution in [0.25, 0.3) is 0 Å². The number of benzene rings is 2. The average Bonchev–Trinajstić information content (AvgIpc) is 3.20. The van der Waals surface area contributed by atoms with Gasteiger partial charge in [0.2, 0.25) is 0 Å². The summed E-state index contributed by atoms with van der Waals surface area (Å²) in [7, 11) is 0. The van der Waals surface area contributed by atoms with E-state index >= 15 is 0 Å². The van der Waals surface area contributed by atoms with Gasteiger partial charge in [0.25, 0.3) is 5.91 Å². The zero-order valence-electron chi connectivity index (χ0n) is 15.1. The van der Waals surface area contributed by atoms with Crippen LogP contribution >= 0.6 is 22.9 Å². The molecule has 0 unspecified atom stereocenters. The summed E-state index contributed by atoms with van der Waals surface area (Å²) in [5.74, 6) is 0.451. The minimum atomic E-state index is -0.0841. The van der Waals surface area contributed by atoms with Crippen molar-refractivity contribution in [2.24, 2.45) is 0 Å². The predicted molar refractivity (Wildman–Crippen MR) is 110 cm³/mol. The second kappa shape index (κ2) is 8.17. The monoisotopic (exact) mass is 411 g/mol. The quantitative estimate of drug-likeness (QED) is 0.576. The van der Waals surface area contributed by atoms with Crippen molar-refractivity contribution < 1.29 is 14.3 Å². The zero-order chi connectivity index (χ0) is 19.5. The second-order valence-corrected chi connectivity index (χ2v) is 8.02. The van der Waals surface area contributed by atoms with Gasteiger partial charge in [0.05, 0.1) is 0 Å². The van der Waals surface area contributed by atoms with Gasteiger partial charge in [0.15, 0.2) is 12.4 Å². The molecule has 0 aliphatic carbocycles. The number of halogens is 1. The summed E-state index contributed by atoms with van der Waals surface area (Å²) in [6.07, 6.45) is 0.903. The molecular formula is C22H18ClNO3S. The lowest BCUT2D eigenvalue weighted by atomic mass is 10.0. The first-order chi connectivity index (χ1) is 13.6. The highest BCUT2D eigenvalue weighted by atomic mass is 35.5. The molecule has 0 atom stereocenters. The number of amides is 1. The van der Waals surface area contributed by atoms with Crippen LogP contribution in [0.3, 0.4) is 0 Å². The molecule has 0 fully saturated rings. The molecule has 0 bridgehead atoms. The highest BCUT2D eigenvalue weighted by Crippen LogP contribution is 2.24. The lowest BCUT2D eigenvalue weighted by molar-refractivity contribution is -0.134. The van der Waals surface area contributed by atoms with Crippen LogP contribution in [0.15, 0.2) is 60.0 Å². The van der Waals surface area contributed by atoms with Crippen LogP contribution < -0.4 is 4.74 Å². The van der Waals surface area contributed by atoms with Crippen molar-refractivity contribution in [3.05, 3.63) is 86.6 Å². The first-order valence-corrected chi connectivity index (χ1v) is 10.2. The van der Waals surface area contributed by atoms with Crippen LogP contribution in [0.1, 0.15) is 26.4 Å². The number of ketones is 1. The molecule has 1 aromatic heterocycles. The summed E-state index contributed by atoms with van der Waals surface area (Å²) in [4.78, 5) is 28.1. The Kier molecular flexibility index (Phi) is 5.46. The molecule has 1 aliphatic heterocycles. The lowest BCUT2D eigenvalue weighted by Crippen LogP contribution is -2.38. The van der Waals surface area contributed by atoms with Crippen LogP contribution in [0.2, 0.25) is 5.02 Å². The number of nitrogens with zero attached hydrogens (tertiary/aromatic N) is 1. The Bertz CT molecular complexity index is 995. The van der Waals surface area contributed by atoms with Crippen molar-refractivity contribution in [1.29, 1.82) is 0 Å². The Hall–Kier alpha value is -2.63. The molecular weight excluding hydrogens is 394 g/mol. The molecule has 2 aromatic carbocycles. The van der Waals surface area contributed by atoms with Crippen LogP contribution in [0.4, 0.5) is 0 Å². The van der Waals surface area contributed by atoms with E-state index < -0.39 is 0 Å². The fraction of sp³-hybridized carbons (Fsp3) is 0.182. The molecule has 28 heavy (non-hydrogen) atoms. The van der Waals surface area contributed by atoms with E-state index in [1.807, 2.05) is 4.90 Å². The van der Waals surface area contributed by atoms with Gasteiger partial charge >= 0.3 is 0 Å². The molecule has 0 saturated carbocycles. The van der Waals surface area contributed by atoms with Gasteiger partial charge in [-0.1, -0.05) is 11.6 Å².